The zero-order valence-corrected chi connectivity index (χ0v) is 20.1. The lowest BCUT2D eigenvalue weighted by Crippen LogP contribution is -2.49. The molecule has 0 unspecified atom stereocenters. The molecule has 2 N–H and O–H groups in total. The van der Waals surface area contributed by atoms with Gasteiger partial charge < -0.3 is 20.1 Å². The Morgan fingerprint density at radius 2 is 1.82 bits per heavy atom. The van der Waals surface area contributed by atoms with Crippen molar-refractivity contribution in [3.8, 4) is 5.75 Å². The summed E-state index contributed by atoms with van der Waals surface area (Å²) < 4.78 is 5.39. The highest BCUT2D eigenvalue weighted by Crippen LogP contribution is 2.32. The third kappa shape index (κ3) is 5.32. The molecule has 34 heavy (non-hydrogen) atoms. The summed E-state index contributed by atoms with van der Waals surface area (Å²) in [5, 5.41) is 12.6. The molecule has 180 valence electrons. The molecule has 0 spiro atoms. The fourth-order valence-electron chi connectivity index (χ4n) is 4.67. The maximum absolute atomic E-state index is 13.3. The molecule has 0 radical (unpaired) electrons. The number of rotatable bonds is 6. The number of aliphatic hydroxyl groups is 1. The van der Waals surface area contributed by atoms with Gasteiger partial charge in [0.15, 0.2) is 5.78 Å². The van der Waals surface area contributed by atoms with Crippen molar-refractivity contribution in [1.82, 2.24) is 15.1 Å². The summed E-state index contributed by atoms with van der Waals surface area (Å²) >= 11 is 0. The zero-order valence-electron chi connectivity index (χ0n) is 20.1. The minimum Gasteiger partial charge on any atom is -0.497 e. The molecule has 2 aliphatic heterocycles. The van der Waals surface area contributed by atoms with Crippen LogP contribution >= 0.6 is 0 Å². The zero-order chi connectivity index (χ0) is 24.3. The number of β-amino-alcohol motifs (C(OH)–C–C–N with tert-alkyl or cyclic N) is 1. The quantitative estimate of drug-likeness (QED) is 0.506. The largest absolute Gasteiger partial charge is 0.497 e. The lowest BCUT2D eigenvalue weighted by molar-refractivity contribution is 0.0615. The minimum absolute atomic E-state index is 0.0713. The van der Waals surface area contributed by atoms with Crippen molar-refractivity contribution in [2.24, 2.45) is 0 Å². The number of piperazine rings is 1. The van der Waals surface area contributed by atoms with Gasteiger partial charge in [0.1, 0.15) is 5.75 Å². The van der Waals surface area contributed by atoms with Crippen molar-refractivity contribution in [2.45, 2.75) is 25.8 Å². The molecular weight excluding hydrogens is 430 g/mol. The van der Waals surface area contributed by atoms with Crippen molar-refractivity contribution >= 4 is 17.4 Å². The number of hydrogen-bond acceptors (Lipinski definition) is 6. The Kier molecular flexibility index (Phi) is 7.05. The first-order valence-electron chi connectivity index (χ1n) is 11.7. The molecular formula is C27H33N3O4. The molecule has 1 saturated heterocycles. The number of nitrogens with one attached hydrogen (secondary N) is 1. The minimum atomic E-state index is -0.191. The number of ether oxygens (including phenoxy) is 1. The van der Waals surface area contributed by atoms with Gasteiger partial charge in [0.05, 0.1) is 13.7 Å². The van der Waals surface area contributed by atoms with Crippen LogP contribution in [0.3, 0.4) is 0 Å². The standard InChI is InChI=1S/C27H33N3O4/c1-27(2)18-21-7-8-22(34-3)16-23(21)24(28-27)17-25(32)19-5-4-6-20(15-19)26(33)30-11-9-29(10-12-30)13-14-31/h4-8,15-17,28,31H,9-14,18H2,1-3H3. The molecule has 0 saturated carbocycles. The first kappa shape index (κ1) is 24.0. The van der Waals surface area contributed by atoms with Crippen LogP contribution in [0.2, 0.25) is 0 Å². The Morgan fingerprint density at radius 1 is 1.09 bits per heavy atom. The number of carbonyl (C=O) groups excluding carboxylic acids is 2. The van der Waals surface area contributed by atoms with E-state index in [1.807, 2.05) is 17.0 Å². The molecule has 1 amide bonds. The van der Waals surface area contributed by atoms with Crippen molar-refractivity contribution in [3.63, 3.8) is 0 Å². The number of allylic oxidation sites excluding steroid dienone is 1. The van der Waals surface area contributed by atoms with Crippen LogP contribution in [-0.2, 0) is 6.42 Å². The Balaban J connectivity index is 1.55. The molecule has 1 fully saturated rings. The van der Waals surface area contributed by atoms with Crippen LogP contribution in [0.1, 0.15) is 45.7 Å². The fraction of sp³-hybridized carbons (Fsp3) is 0.407. The lowest BCUT2D eigenvalue weighted by Gasteiger charge is -2.35. The summed E-state index contributed by atoms with van der Waals surface area (Å²) in [6.07, 6.45) is 2.46. The number of ketones is 1. The number of carbonyl (C=O) groups is 2. The summed E-state index contributed by atoms with van der Waals surface area (Å²) in [4.78, 5) is 30.3. The van der Waals surface area contributed by atoms with E-state index in [-0.39, 0.29) is 23.8 Å². The number of hydrogen-bond donors (Lipinski definition) is 2. The van der Waals surface area contributed by atoms with Gasteiger partial charge in [-0.25, -0.2) is 0 Å². The van der Waals surface area contributed by atoms with Gasteiger partial charge in [-0.3, -0.25) is 14.5 Å². The van der Waals surface area contributed by atoms with Crippen LogP contribution in [-0.4, -0.2) is 78.6 Å². The molecule has 2 heterocycles. The molecule has 7 nitrogen and oxygen atoms in total. The SMILES string of the molecule is COc1ccc2c(c1)C(=CC(=O)c1cccc(C(=O)N3CCN(CCO)CC3)c1)NC(C)(C)C2. The number of methoxy groups -OCH3 is 1. The topological polar surface area (TPSA) is 82.1 Å². The van der Waals surface area contributed by atoms with Crippen molar-refractivity contribution in [1.29, 1.82) is 0 Å². The fourth-order valence-corrected chi connectivity index (χ4v) is 4.67. The molecule has 0 aromatic heterocycles. The highest BCUT2D eigenvalue weighted by molar-refractivity contribution is 6.10. The van der Waals surface area contributed by atoms with Crippen molar-refractivity contribution < 1.29 is 19.4 Å². The number of aliphatic hydroxyl groups excluding tert-OH is 1. The van der Waals surface area contributed by atoms with Crippen LogP contribution in [0.25, 0.3) is 5.70 Å². The molecule has 2 aromatic carbocycles. The average Bonchev–Trinajstić information content (AvgIpc) is 2.83. The Labute approximate surface area is 201 Å². The molecule has 0 aliphatic carbocycles. The van der Waals surface area contributed by atoms with Gasteiger partial charge in [-0.2, -0.15) is 0 Å². The average molecular weight is 464 g/mol. The Hall–Kier alpha value is -3.16. The summed E-state index contributed by atoms with van der Waals surface area (Å²) in [7, 11) is 1.63. The van der Waals surface area contributed by atoms with E-state index < -0.39 is 0 Å². The van der Waals surface area contributed by atoms with E-state index in [2.05, 4.69) is 30.1 Å². The number of benzene rings is 2. The molecule has 0 atom stereocenters. The van der Waals surface area contributed by atoms with Crippen LogP contribution < -0.4 is 10.1 Å². The van der Waals surface area contributed by atoms with E-state index in [1.54, 1.807) is 37.5 Å². The lowest BCUT2D eigenvalue weighted by atomic mass is 9.85. The third-order valence-corrected chi connectivity index (χ3v) is 6.46. The van der Waals surface area contributed by atoms with Gasteiger partial charge in [-0.05, 0) is 50.1 Å². The summed E-state index contributed by atoms with van der Waals surface area (Å²) in [5.74, 6) is 0.514. The van der Waals surface area contributed by atoms with Crippen molar-refractivity contribution in [3.05, 3.63) is 70.8 Å². The first-order valence-corrected chi connectivity index (χ1v) is 11.7. The normalized spacial score (nSPS) is 18.8. The number of amides is 1. The van der Waals surface area contributed by atoms with Gasteiger partial charge in [0, 0.05) is 66.7 Å². The molecule has 7 heteroatoms. The maximum atomic E-state index is 13.3. The summed E-state index contributed by atoms with van der Waals surface area (Å²) in [6.45, 7) is 7.66. The van der Waals surface area contributed by atoms with Crippen LogP contribution in [0.15, 0.2) is 48.5 Å². The maximum Gasteiger partial charge on any atom is 0.253 e. The van der Waals surface area contributed by atoms with Crippen molar-refractivity contribution in [2.75, 3.05) is 46.4 Å². The highest BCUT2D eigenvalue weighted by atomic mass is 16.5. The second-order valence-corrected chi connectivity index (χ2v) is 9.57. The molecule has 0 bridgehead atoms. The van der Waals surface area contributed by atoms with Gasteiger partial charge >= 0.3 is 0 Å². The molecule has 2 aliphatic rings. The van der Waals surface area contributed by atoms with Crippen LogP contribution in [0.4, 0.5) is 0 Å². The molecule has 4 rings (SSSR count). The first-order chi connectivity index (χ1) is 16.3. The second-order valence-electron chi connectivity index (χ2n) is 9.57. The predicted molar refractivity (Wildman–Crippen MR) is 132 cm³/mol. The van der Waals surface area contributed by atoms with E-state index in [0.717, 1.165) is 42.1 Å². The number of nitrogens with zero attached hydrogens (tertiary/aromatic N) is 2. The monoisotopic (exact) mass is 463 g/mol. The van der Waals surface area contributed by atoms with E-state index in [0.29, 0.717) is 30.8 Å². The summed E-state index contributed by atoms with van der Waals surface area (Å²) in [5.41, 5.74) is 3.68. The van der Waals surface area contributed by atoms with Gasteiger partial charge in [0.2, 0.25) is 0 Å². The Bertz CT molecular complexity index is 1100. The van der Waals surface area contributed by atoms with Gasteiger partial charge in [-0.1, -0.05) is 18.2 Å². The van der Waals surface area contributed by atoms with E-state index in [9.17, 15) is 9.59 Å². The Morgan fingerprint density at radius 3 is 2.53 bits per heavy atom. The highest BCUT2D eigenvalue weighted by Gasteiger charge is 2.28. The van der Waals surface area contributed by atoms with E-state index >= 15 is 0 Å². The predicted octanol–water partition coefficient (Wildman–Crippen LogP) is 2.59. The van der Waals surface area contributed by atoms with Gasteiger partial charge in [-0.15, -0.1) is 0 Å². The summed E-state index contributed by atoms with van der Waals surface area (Å²) in [6, 6.07) is 12.9. The van der Waals surface area contributed by atoms with Gasteiger partial charge in [0.25, 0.3) is 5.91 Å². The van der Waals surface area contributed by atoms with Crippen LogP contribution in [0.5, 0.6) is 5.75 Å². The number of fused-ring (bicyclic) bond motifs is 1. The van der Waals surface area contributed by atoms with Crippen LogP contribution in [0, 0.1) is 0 Å². The molecule has 2 aromatic rings. The third-order valence-electron chi connectivity index (χ3n) is 6.46. The second kappa shape index (κ2) is 9.99. The van der Waals surface area contributed by atoms with E-state index in [1.165, 1.54) is 0 Å². The van der Waals surface area contributed by atoms with E-state index in [4.69, 9.17) is 9.84 Å². The smallest absolute Gasteiger partial charge is 0.253 e.